The van der Waals surface area contributed by atoms with Crippen molar-refractivity contribution in [1.29, 1.82) is 5.26 Å². The molecule has 0 fully saturated rings. The summed E-state index contributed by atoms with van der Waals surface area (Å²) in [7, 11) is 0. The van der Waals surface area contributed by atoms with Crippen molar-refractivity contribution < 1.29 is 20.1 Å². The number of hydrogen-bond donors (Lipinski definition) is 3. The number of phenols is 1. The fourth-order valence-corrected chi connectivity index (χ4v) is 0.966. The molecular weight excluding hydrogens is 198 g/mol. The van der Waals surface area contributed by atoms with Crippen LogP contribution in [0.5, 0.6) is 5.75 Å². The number of aliphatic hydroxyl groups excluding tert-OH is 1. The molecule has 1 aromatic rings. The number of rotatable bonds is 2. The number of nitriles is 1. The summed E-state index contributed by atoms with van der Waals surface area (Å²) >= 11 is 0. The summed E-state index contributed by atoms with van der Waals surface area (Å²) in [5.74, 6) is -2.13. The minimum absolute atomic E-state index is 0.0135. The second-order valence-electron chi connectivity index (χ2n) is 2.69. The van der Waals surface area contributed by atoms with Crippen molar-refractivity contribution in [2.75, 3.05) is 0 Å². The fraction of sp³-hybridized carbons (Fsp3) is 0. The third kappa shape index (κ3) is 2.25. The Hall–Kier alpha value is -2.48. The predicted octanol–water partition coefficient (Wildman–Crippen LogP) is 1.27. The molecule has 1 aromatic carbocycles. The van der Waals surface area contributed by atoms with Crippen molar-refractivity contribution in [3.05, 3.63) is 35.4 Å². The van der Waals surface area contributed by atoms with Gasteiger partial charge in [-0.3, -0.25) is 0 Å². The van der Waals surface area contributed by atoms with Gasteiger partial charge in [0, 0.05) is 5.56 Å². The smallest absolute Gasteiger partial charge is 0.350 e. The van der Waals surface area contributed by atoms with Gasteiger partial charge in [0.2, 0.25) is 0 Å². The van der Waals surface area contributed by atoms with Crippen LogP contribution in [0.25, 0.3) is 5.76 Å². The largest absolute Gasteiger partial charge is 0.508 e. The molecule has 0 heterocycles. The third-order valence-electron chi connectivity index (χ3n) is 1.70. The molecule has 5 heteroatoms. The molecule has 0 bridgehead atoms. The van der Waals surface area contributed by atoms with E-state index in [0.29, 0.717) is 0 Å². The van der Waals surface area contributed by atoms with Gasteiger partial charge in [-0.15, -0.1) is 0 Å². The SMILES string of the molecule is N#CC(C(=O)O)=C(O)c1ccc(O)cc1. The van der Waals surface area contributed by atoms with Gasteiger partial charge < -0.3 is 15.3 Å². The molecule has 15 heavy (non-hydrogen) atoms. The van der Waals surface area contributed by atoms with Crippen LogP contribution >= 0.6 is 0 Å². The number of aliphatic carboxylic acids is 1. The quantitative estimate of drug-likeness (QED) is 0.383. The van der Waals surface area contributed by atoms with Gasteiger partial charge in [-0.2, -0.15) is 5.26 Å². The van der Waals surface area contributed by atoms with Crippen LogP contribution in [0.4, 0.5) is 0 Å². The maximum atomic E-state index is 10.5. The van der Waals surface area contributed by atoms with Crippen molar-refractivity contribution in [2.45, 2.75) is 0 Å². The van der Waals surface area contributed by atoms with Crippen molar-refractivity contribution >= 4 is 11.7 Å². The minimum Gasteiger partial charge on any atom is -0.508 e. The van der Waals surface area contributed by atoms with Gasteiger partial charge in [0.1, 0.15) is 17.6 Å². The summed E-state index contributed by atoms with van der Waals surface area (Å²) in [5, 5.41) is 35.5. The summed E-state index contributed by atoms with van der Waals surface area (Å²) in [6.07, 6.45) is 0. The van der Waals surface area contributed by atoms with E-state index >= 15 is 0 Å². The molecule has 76 valence electrons. The van der Waals surface area contributed by atoms with E-state index in [0.717, 1.165) is 0 Å². The second-order valence-corrected chi connectivity index (χ2v) is 2.69. The maximum Gasteiger partial charge on any atom is 0.350 e. The third-order valence-corrected chi connectivity index (χ3v) is 1.70. The molecule has 0 unspecified atom stereocenters. The van der Waals surface area contributed by atoms with Gasteiger partial charge in [0.05, 0.1) is 0 Å². The van der Waals surface area contributed by atoms with E-state index in [-0.39, 0.29) is 11.3 Å². The molecule has 0 spiro atoms. The minimum atomic E-state index is -1.50. The molecule has 0 aliphatic rings. The van der Waals surface area contributed by atoms with Crippen LogP contribution in [0.15, 0.2) is 29.8 Å². The van der Waals surface area contributed by atoms with Crippen molar-refractivity contribution in [1.82, 2.24) is 0 Å². The Morgan fingerprint density at radius 1 is 1.20 bits per heavy atom. The Morgan fingerprint density at radius 2 is 1.73 bits per heavy atom. The summed E-state index contributed by atoms with van der Waals surface area (Å²) in [6.45, 7) is 0. The zero-order chi connectivity index (χ0) is 11.4. The lowest BCUT2D eigenvalue weighted by molar-refractivity contribution is -0.132. The van der Waals surface area contributed by atoms with E-state index in [4.69, 9.17) is 15.5 Å². The molecule has 0 amide bonds. The molecule has 0 saturated heterocycles. The fourth-order valence-electron chi connectivity index (χ4n) is 0.966. The van der Waals surface area contributed by atoms with E-state index < -0.39 is 17.3 Å². The van der Waals surface area contributed by atoms with Crippen LogP contribution in [-0.2, 0) is 4.79 Å². The van der Waals surface area contributed by atoms with Crippen LogP contribution in [0, 0.1) is 11.3 Å². The first-order valence-electron chi connectivity index (χ1n) is 3.92. The number of nitrogens with zero attached hydrogens (tertiary/aromatic N) is 1. The molecule has 5 nitrogen and oxygen atoms in total. The van der Waals surface area contributed by atoms with Crippen LogP contribution in [0.2, 0.25) is 0 Å². The average Bonchev–Trinajstić information content (AvgIpc) is 2.19. The molecule has 0 aliphatic carbocycles. The number of aliphatic hydroxyl groups is 1. The highest BCUT2D eigenvalue weighted by Crippen LogP contribution is 2.18. The molecule has 1 rings (SSSR count). The Labute approximate surface area is 85.1 Å². The Kier molecular flexibility index (Phi) is 2.94. The van der Waals surface area contributed by atoms with Gasteiger partial charge >= 0.3 is 5.97 Å². The lowest BCUT2D eigenvalue weighted by Crippen LogP contribution is -2.02. The van der Waals surface area contributed by atoms with E-state index in [2.05, 4.69) is 0 Å². The molecule has 0 atom stereocenters. The van der Waals surface area contributed by atoms with Gasteiger partial charge in [-0.25, -0.2) is 4.79 Å². The van der Waals surface area contributed by atoms with Gasteiger partial charge in [0.15, 0.2) is 5.57 Å². The number of carboxylic acids is 1. The van der Waals surface area contributed by atoms with Crippen molar-refractivity contribution in [2.24, 2.45) is 0 Å². The average molecular weight is 205 g/mol. The molecule has 3 N–H and O–H groups in total. The van der Waals surface area contributed by atoms with Crippen molar-refractivity contribution in [3.63, 3.8) is 0 Å². The van der Waals surface area contributed by atoms with Crippen LogP contribution in [-0.4, -0.2) is 21.3 Å². The number of phenolic OH excluding ortho intramolecular Hbond substituents is 1. The normalized spacial score (nSPS) is 11.4. The van der Waals surface area contributed by atoms with Gasteiger partial charge in [-0.1, -0.05) is 0 Å². The van der Waals surface area contributed by atoms with Gasteiger partial charge in [-0.05, 0) is 24.3 Å². The number of hydrogen-bond acceptors (Lipinski definition) is 4. The van der Waals surface area contributed by atoms with E-state index in [9.17, 15) is 9.90 Å². The second kappa shape index (κ2) is 4.15. The number of carbonyl (C=O) groups is 1. The topological polar surface area (TPSA) is 102 Å². The highest BCUT2D eigenvalue weighted by molar-refractivity contribution is 5.98. The van der Waals surface area contributed by atoms with E-state index in [1.54, 1.807) is 0 Å². The van der Waals surface area contributed by atoms with Crippen molar-refractivity contribution in [3.8, 4) is 11.8 Å². The Morgan fingerprint density at radius 3 is 2.13 bits per heavy atom. The lowest BCUT2D eigenvalue weighted by Gasteiger charge is -2.01. The highest BCUT2D eigenvalue weighted by Gasteiger charge is 2.14. The molecule has 0 saturated carbocycles. The Balaban J connectivity index is 3.24. The standard InChI is InChI=1S/C10H7NO4/c11-5-8(10(14)15)9(13)6-1-3-7(12)4-2-6/h1-4,12-13H,(H,14,15). The number of carboxylic acid groups (broad SMARTS) is 1. The summed E-state index contributed by atoms with van der Waals surface area (Å²) in [5.41, 5.74) is -0.576. The lowest BCUT2D eigenvalue weighted by atomic mass is 10.1. The first-order valence-corrected chi connectivity index (χ1v) is 3.92. The number of benzene rings is 1. The summed E-state index contributed by atoms with van der Waals surface area (Å²) in [6, 6.07) is 6.56. The van der Waals surface area contributed by atoms with Crippen LogP contribution < -0.4 is 0 Å². The predicted molar refractivity (Wildman–Crippen MR) is 50.9 cm³/mol. The van der Waals surface area contributed by atoms with E-state index in [1.165, 1.54) is 30.3 Å². The first kappa shape index (κ1) is 10.6. The zero-order valence-corrected chi connectivity index (χ0v) is 7.51. The zero-order valence-electron chi connectivity index (χ0n) is 7.51. The van der Waals surface area contributed by atoms with Gasteiger partial charge in [0.25, 0.3) is 0 Å². The monoisotopic (exact) mass is 205 g/mol. The van der Waals surface area contributed by atoms with Crippen LogP contribution in [0.1, 0.15) is 5.56 Å². The Bertz CT molecular complexity index is 453. The first-order chi connectivity index (χ1) is 7.06. The maximum absolute atomic E-state index is 10.5. The summed E-state index contributed by atoms with van der Waals surface area (Å²) < 4.78 is 0. The molecule has 0 radical (unpaired) electrons. The highest BCUT2D eigenvalue weighted by atomic mass is 16.4. The van der Waals surface area contributed by atoms with Crippen LogP contribution in [0.3, 0.4) is 0 Å². The summed E-state index contributed by atoms with van der Waals surface area (Å²) in [4.78, 5) is 10.5. The van der Waals surface area contributed by atoms with E-state index in [1.807, 2.05) is 0 Å². The molecular formula is C10H7NO4. The molecule has 0 aliphatic heterocycles. The number of aromatic hydroxyl groups is 1. The molecule has 0 aromatic heterocycles.